The molecule has 0 aromatic rings. The topological polar surface area (TPSA) is 69.7 Å². The molecule has 0 aromatic heterocycles. The van der Waals surface area contributed by atoms with Crippen molar-refractivity contribution < 1.29 is 23.9 Å². The van der Waals surface area contributed by atoms with Crippen molar-refractivity contribution in [1.29, 1.82) is 0 Å². The number of rotatable bonds is 4. The number of carbonyl (C=O) groups is 3. The van der Waals surface area contributed by atoms with Crippen molar-refractivity contribution in [1.82, 2.24) is 0 Å². The molecule has 0 radical (unpaired) electrons. The minimum absolute atomic E-state index is 0.0427. The van der Waals surface area contributed by atoms with Gasteiger partial charge in [0.1, 0.15) is 6.10 Å². The lowest BCUT2D eigenvalue weighted by atomic mass is 9.33. The van der Waals surface area contributed by atoms with E-state index in [0.717, 1.165) is 64.2 Å². The van der Waals surface area contributed by atoms with E-state index in [-0.39, 0.29) is 57.0 Å². The van der Waals surface area contributed by atoms with E-state index in [0.29, 0.717) is 18.3 Å². The Morgan fingerprint density at radius 3 is 2.25 bits per heavy atom. The summed E-state index contributed by atoms with van der Waals surface area (Å²) >= 11 is 0. The van der Waals surface area contributed by atoms with Gasteiger partial charge in [-0.1, -0.05) is 54.0 Å². The van der Waals surface area contributed by atoms with Crippen LogP contribution in [0.5, 0.6) is 0 Å². The van der Waals surface area contributed by atoms with Gasteiger partial charge in [0.2, 0.25) is 0 Å². The highest BCUT2D eigenvalue weighted by atomic mass is 16.5. The van der Waals surface area contributed by atoms with Gasteiger partial charge in [0.05, 0.1) is 12.0 Å². The van der Waals surface area contributed by atoms with Crippen LogP contribution in [0.4, 0.5) is 0 Å². The second-order valence-electron chi connectivity index (χ2n) is 16.3. The first kappa shape index (κ1) is 29.8. The van der Waals surface area contributed by atoms with Crippen molar-refractivity contribution in [3.63, 3.8) is 0 Å². The largest absolute Gasteiger partial charge is 0.465 e. The molecule has 40 heavy (non-hydrogen) atoms. The van der Waals surface area contributed by atoms with E-state index in [4.69, 9.17) is 9.47 Å². The molecular weight excluding hydrogens is 500 g/mol. The molecule has 0 spiro atoms. The Morgan fingerprint density at radius 2 is 1.60 bits per heavy atom. The molecule has 5 rings (SSSR count). The van der Waals surface area contributed by atoms with Gasteiger partial charge in [-0.2, -0.15) is 0 Å². The summed E-state index contributed by atoms with van der Waals surface area (Å²) in [5, 5.41) is 0. The number of fused-ring (bicyclic) bond motifs is 7. The predicted octanol–water partition coefficient (Wildman–Crippen LogP) is 7.85. The SMILES string of the molecule is CCCOC(=O)[C@]1(C)CC[C@@]2(C)CC[C@]3(C)C(=CC(=O)[C@H]4[C@@]5(C)CC[C@H](OC(C)=O)C(C)(C)[C@@H]5CC[C@@]43C)[C@@H]2C1. The smallest absolute Gasteiger partial charge is 0.311 e. The number of allylic oxidation sites excluding steroid dienone is 2. The Balaban J connectivity index is 1.54. The standard InChI is InChI=1S/C35H54O5/c1-10-19-39-29(38)32(6)16-15-31(5)17-18-34(8)23(24(31)21-32)20-25(37)28-33(7)13-12-27(40-22(2)36)30(3,4)26(33)11-14-35(28,34)9/h20,24,26-28H,10-19,21H2,1-9H3/t24-,26-,27-,28-,31-,32+,33-,34+,35-/m0/s1. The molecule has 0 amide bonds. The van der Waals surface area contributed by atoms with Gasteiger partial charge in [-0.15, -0.1) is 0 Å². The van der Waals surface area contributed by atoms with Crippen LogP contribution in [0.25, 0.3) is 0 Å². The van der Waals surface area contributed by atoms with Crippen LogP contribution in [0, 0.1) is 50.2 Å². The van der Waals surface area contributed by atoms with Crippen LogP contribution in [-0.2, 0) is 23.9 Å². The van der Waals surface area contributed by atoms with E-state index in [1.165, 1.54) is 12.5 Å². The van der Waals surface area contributed by atoms with Crippen molar-refractivity contribution in [2.24, 2.45) is 50.2 Å². The molecule has 0 aromatic carbocycles. The minimum Gasteiger partial charge on any atom is -0.465 e. The minimum atomic E-state index is -0.498. The average Bonchev–Trinajstić information content (AvgIpc) is 2.86. The predicted molar refractivity (Wildman–Crippen MR) is 156 cm³/mol. The summed E-state index contributed by atoms with van der Waals surface area (Å²) in [5.74, 6) is 0.532. The van der Waals surface area contributed by atoms with Crippen LogP contribution in [0.15, 0.2) is 11.6 Å². The van der Waals surface area contributed by atoms with Gasteiger partial charge < -0.3 is 9.47 Å². The molecule has 0 aliphatic heterocycles. The van der Waals surface area contributed by atoms with Crippen LogP contribution in [0.1, 0.15) is 127 Å². The summed E-state index contributed by atoms with van der Waals surface area (Å²) in [6.07, 6.45) is 11.5. The Morgan fingerprint density at radius 1 is 0.925 bits per heavy atom. The third kappa shape index (κ3) is 4.02. The molecule has 0 saturated heterocycles. The van der Waals surface area contributed by atoms with E-state index in [9.17, 15) is 14.4 Å². The number of ether oxygens (including phenoxy) is 2. The van der Waals surface area contributed by atoms with Crippen LogP contribution < -0.4 is 0 Å². The second kappa shape index (κ2) is 9.43. The van der Waals surface area contributed by atoms with E-state index in [2.05, 4.69) is 54.5 Å². The van der Waals surface area contributed by atoms with Crippen molar-refractivity contribution in [2.75, 3.05) is 6.61 Å². The highest BCUT2D eigenvalue weighted by Crippen LogP contribution is 2.75. The van der Waals surface area contributed by atoms with Gasteiger partial charge >= 0.3 is 11.9 Å². The van der Waals surface area contributed by atoms with Gasteiger partial charge in [-0.05, 0) is 111 Å². The van der Waals surface area contributed by atoms with Gasteiger partial charge in [-0.25, -0.2) is 0 Å². The fourth-order valence-corrected chi connectivity index (χ4v) is 11.1. The molecule has 224 valence electrons. The fourth-order valence-electron chi connectivity index (χ4n) is 11.1. The van der Waals surface area contributed by atoms with Crippen molar-refractivity contribution in [3.05, 3.63) is 11.6 Å². The molecule has 9 atom stereocenters. The Bertz CT molecular complexity index is 1120. The van der Waals surface area contributed by atoms with E-state index in [1.807, 2.05) is 6.92 Å². The first-order valence-electron chi connectivity index (χ1n) is 16.1. The van der Waals surface area contributed by atoms with Crippen molar-refractivity contribution in [2.45, 2.75) is 133 Å². The van der Waals surface area contributed by atoms with Gasteiger partial charge in [0.15, 0.2) is 5.78 Å². The maximum atomic E-state index is 14.5. The summed E-state index contributed by atoms with van der Waals surface area (Å²) in [6.45, 7) is 20.3. The van der Waals surface area contributed by atoms with E-state index < -0.39 is 5.41 Å². The monoisotopic (exact) mass is 554 g/mol. The van der Waals surface area contributed by atoms with Crippen LogP contribution in [0.3, 0.4) is 0 Å². The molecule has 4 saturated carbocycles. The third-order valence-corrected chi connectivity index (χ3v) is 13.8. The van der Waals surface area contributed by atoms with Crippen molar-refractivity contribution in [3.8, 4) is 0 Å². The first-order chi connectivity index (χ1) is 18.5. The second-order valence-corrected chi connectivity index (χ2v) is 16.3. The highest BCUT2D eigenvalue weighted by molar-refractivity contribution is 5.95. The summed E-state index contributed by atoms with van der Waals surface area (Å²) < 4.78 is 11.6. The number of esters is 2. The number of carbonyl (C=O) groups excluding carboxylic acids is 3. The number of ketones is 1. The lowest BCUT2D eigenvalue weighted by Gasteiger charge is -2.70. The summed E-state index contributed by atoms with van der Waals surface area (Å²) in [5.41, 5.74) is 0.413. The Labute approximate surface area is 242 Å². The van der Waals surface area contributed by atoms with E-state index in [1.54, 1.807) is 0 Å². The molecule has 0 heterocycles. The molecular formula is C35H54O5. The molecule has 5 aliphatic rings. The molecule has 4 fully saturated rings. The van der Waals surface area contributed by atoms with Crippen LogP contribution in [-0.4, -0.2) is 30.4 Å². The van der Waals surface area contributed by atoms with Gasteiger partial charge in [0, 0.05) is 18.3 Å². The summed E-state index contributed by atoms with van der Waals surface area (Å²) in [4.78, 5) is 39.7. The lowest BCUT2D eigenvalue weighted by molar-refractivity contribution is -0.210. The number of hydrogen-bond donors (Lipinski definition) is 0. The first-order valence-corrected chi connectivity index (χ1v) is 16.1. The molecule has 0 N–H and O–H groups in total. The maximum Gasteiger partial charge on any atom is 0.311 e. The molecule has 5 aliphatic carbocycles. The average molecular weight is 555 g/mol. The fraction of sp³-hybridized carbons (Fsp3) is 0.857. The zero-order valence-corrected chi connectivity index (χ0v) is 26.7. The van der Waals surface area contributed by atoms with Crippen molar-refractivity contribution >= 4 is 17.7 Å². The zero-order chi connectivity index (χ0) is 29.5. The highest BCUT2D eigenvalue weighted by Gasteiger charge is 2.70. The maximum absolute atomic E-state index is 14.5. The summed E-state index contributed by atoms with van der Waals surface area (Å²) in [6, 6.07) is 0. The third-order valence-electron chi connectivity index (χ3n) is 13.8. The Hall–Kier alpha value is -1.65. The van der Waals surface area contributed by atoms with Crippen LogP contribution >= 0.6 is 0 Å². The molecule has 5 nitrogen and oxygen atoms in total. The number of hydrogen-bond acceptors (Lipinski definition) is 5. The molecule has 5 heteroatoms. The van der Waals surface area contributed by atoms with Gasteiger partial charge in [0.25, 0.3) is 0 Å². The Kier molecular flexibility index (Phi) is 7.03. The normalized spacial score (nSPS) is 47.5. The quantitative estimate of drug-likeness (QED) is 0.331. The molecule has 0 unspecified atom stereocenters. The van der Waals surface area contributed by atoms with E-state index >= 15 is 0 Å². The summed E-state index contributed by atoms with van der Waals surface area (Å²) in [7, 11) is 0. The van der Waals surface area contributed by atoms with Gasteiger partial charge in [-0.3, -0.25) is 14.4 Å². The van der Waals surface area contributed by atoms with Crippen LogP contribution in [0.2, 0.25) is 0 Å². The molecule has 0 bridgehead atoms. The lowest BCUT2D eigenvalue weighted by Crippen LogP contribution is -2.66. The zero-order valence-electron chi connectivity index (χ0n) is 26.7.